The van der Waals surface area contributed by atoms with Gasteiger partial charge in [0.2, 0.25) is 16.0 Å². The van der Waals surface area contributed by atoms with Crippen LogP contribution in [0.3, 0.4) is 0 Å². The largest absolute Gasteiger partial charge is 0.494 e. The molecule has 0 aliphatic carbocycles. The number of sulfonamides is 1. The first-order valence-corrected chi connectivity index (χ1v) is 12.5. The molecule has 1 saturated heterocycles. The number of aryl methyl sites for hydroxylation is 1. The quantitative estimate of drug-likeness (QED) is 0.441. The van der Waals surface area contributed by atoms with Crippen molar-refractivity contribution in [3.8, 4) is 17.2 Å². The topological polar surface area (TPSA) is 151 Å². The van der Waals surface area contributed by atoms with E-state index >= 15 is 0 Å². The van der Waals surface area contributed by atoms with Gasteiger partial charge < -0.3 is 19.3 Å². The maximum atomic E-state index is 13.3. The molecule has 12 nitrogen and oxygen atoms in total. The number of nitrogens with zero attached hydrogens (tertiary/aromatic N) is 5. The number of methoxy groups -OCH3 is 2. The molecule has 1 fully saturated rings. The third-order valence-corrected chi connectivity index (χ3v) is 7.55. The second kappa shape index (κ2) is 10.1. The van der Waals surface area contributed by atoms with Crippen molar-refractivity contribution in [1.29, 1.82) is 0 Å². The van der Waals surface area contributed by atoms with E-state index in [9.17, 15) is 13.5 Å². The number of aromatic nitrogens is 5. The van der Waals surface area contributed by atoms with E-state index in [4.69, 9.17) is 14.2 Å². The molecular weight excluding hydrogens is 476 g/mol. The molecule has 2 unspecified atom stereocenters. The Morgan fingerprint density at radius 3 is 2.40 bits per heavy atom. The van der Waals surface area contributed by atoms with Crippen molar-refractivity contribution in [3.63, 3.8) is 0 Å². The molecule has 188 valence electrons. The SMILES string of the molecule is COc1cccc(OC)c1-n1c(NS(=O)(=O)C(C)C(O)c2ncc(C)cn2)nnc1[C@H]1CCOC1. The van der Waals surface area contributed by atoms with E-state index in [2.05, 4.69) is 24.9 Å². The van der Waals surface area contributed by atoms with E-state index in [1.807, 2.05) is 0 Å². The molecule has 4 rings (SSSR count). The van der Waals surface area contributed by atoms with Gasteiger partial charge in [-0.05, 0) is 38.0 Å². The highest BCUT2D eigenvalue weighted by Gasteiger charge is 2.35. The van der Waals surface area contributed by atoms with Crippen LogP contribution in [0.1, 0.15) is 42.6 Å². The standard InChI is InChI=1S/C22H28N6O6S/c1-13-10-23-20(24-11-13)19(29)14(2)35(30,31)27-22-26-25-21(15-8-9-34-12-15)28(22)18-16(32-3)6-5-7-17(18)33-4/h5-7,10-11,14-15,19,29H,8-9,12H2,1-4H3,(H,26,27)/t14?,15-,19?/m0/s1. The summed E-state index contributed by atoms with van der Waals surface area (Å²) in [5.74, 6) is 1.19. The Morgan fingerprint density at radius 1 is 1.17 bits per heavy atom. The van der Waals surface area contributed by atoms with Gasteiger partial charge >= 0.3 is 0 Å². The van der Waals surface area contributed by atoms with Crippen molar-refractivity contribution >= 4 is 16.0 Å². The third kappa shape index (κ3) is 4.92. The van der Waals surface area contributed by atoms with E-state index in [0.717, 1.165) is 5.56 Å². The lowest BCUT2D eigenvalue weighted by Crippen LogP contribution is -2.32. The molecule has 3 aromatic rings. The number of ether oxygens (including phenoxy) is 3. The van der Waals surface area contributed by atoms with Gasteiger partial charge in [-0.25, -0.2) is 18.4 Å². The van der Waals surface area contributed by atoms with E-state index in [-0.39, 0.29) is 17.7 Å². The summed E-state index contributed by atoms with van der Waals surface area (Å²) in [7, 11) is -1.16. The fraction of sp³-hybridized carbons (Fsp3) is 0.455. The first kappa shape index (κ1) is 24.8. The van der Waals surface area contributed by atoms with Crippen LogP contribution in [0.15, 0.2) is 30.6 Å². The molecule has 0 saturated carbocycles. The number of aliphatic hydroxyl groups is 1. The van der Waals surface area contributed by atoms with Gasteiger partial charge in [-0.1, -0.05) is 6.07 Å². The fourth-order valence-corrected chi connectivity index (χ4v) is 4.83. The highest BCUT2D eigenvalue weighted by atomic mass is 32.2. The maximum Gasteiger partial charge on any atom is 0.243 e. The molecule has 13 heteroatoms. The Kier molecular flexibility index (Phi) is 7.19. The Bertz CT molecular complexity index is 1250. The van der Waals surface area contributed by atoms with Crippen molar-refractivity contribution in [2.75, 3.05) is 32.2 Å². The second-order valence-corrected chi connectivity index (χ2v) is 10.2. The number of nitrogens with one attached hydrogen (secondary N) is 1. The predicted octanol–water partition coefficient (Wildman–Crippen LogP) is 1.75. The summed E-state index contributed by atoms with van der Waals surface area (Å²) < 4.78 is 47.3. The van der Waals surface area contributed by atoms with Gasteiger partial charge in [0.05, 0.1) is 20.8 Å². The summed E-state index contributed by atoms with van der Waals surface area (Å²) in [4.78, 5) is 8.11. The minimum atomic E-state index is -4.17. The zero-order chi connectivity index (χ0) is 25.2. The van der Waals surface area contributed by atoms with Gasteiger partial charge in [-0.15, -0.1) is 10.2 Å². The molecule has 3 atom stereocenters. The third-order valence-electron chi connectivity index (χ3n) is 5.84. The van der Waals surface area contributed by atoms with Crippen LogP contribution >= 0.6 is 0 Å². The van der Waals surface area contributed by atoms with Crippen LogP contribution in [-0.4, -0.2) is 70.9 Å². The van der Waals surface area contributed by atoms with Crippen LogP contribution in [0.25, 0.3) is 5.69 Å². The van der Waals surface area contributed by atoms with Crippen LogP contribution in [-0.2, 0) is 14.8 Å². The molecule has 2 aromatic heterocycles. The average Bonchev–Trinajstić information content (AvgIpc) is 3.52. The number of hydrogen-bond acceptors (Lipinski definition) is 10. The number of para-hydroxylation sites is 1. The summed E-state index contributed by atoms with van der Waals surface area (Å²) in [5, 5.41) is 17.8. The van der Waals surface area contributed by atoms with Gasteiger partial charge in [0.1, 0.15) is 34.4 Å². The van der Waals surface area contributed by atoms with Gasteiger partial charge in [0.15, 0.2) is 5.82 Å². The monoisotopic (exact) mass is 504 g/mol. The van der Waals surface area contributed by atoms with Gasteiger partial charge in [-0.3, -0.25) is 9.29 Å². The second-order valence-electron chi connectivity index (χ2n) is 8.20. The molecule has 0 amide bonds. The van der Waals surface area contributed by atoms with Crippen LogP contribution < -0.4 is 14.2 Å². The van der Waals surface area contributed by atoms with E-state index in [1.165, 1.54) is 33.5 Å². The molecule has 1 aromatic carbocycles. The Balaban J connectivity index is 1.76. The summed E-state index contributed by atoms with van der Waals surface area (Å²) in [6, 6.07) is 5.21. The minimum absolute atomic E-state index is 0.00475. The lowest BCUT2D eigenvalue weighted by atomic mass is 10.1. The number of rotatable bonds is 9. The van der Waals surface area contributed by atoms with E-state index < -0.39 is 21.4 Å². The first-order valence-electron chi connectivity index (χ1n) is 11.0. The van der Waals surface area contributed by atoms with E-state index in [1.54, 1.807) is 29.7 Å². The molecule has 1 aliphatic heterocycles. The molecule has 3 heterocycles. The summed E-state index contributed by atoms with van der Waals surface area (Å²) in [5.41, 5.74) is 1.23. The number of aliphatic hydroxyl groups excluding tert-OH is 1. The highest BCUT2D eigenvalue weighted by molar-refractivity contribution is 7.93. The van der Waals surface area contributed by atoms with Crippen LogP contribution in [0.4, 0.5) is 5.95 Å². The smallest absolute Gasteiger partial charge is 0.243 e. The minimum Gasteiger partial charge on any atom is -0.494 e. The highest BCUT2D eigenvalue weighted by Crippen LogP contribution is 2.38. The Hall–Kier alpha value is -3.29. The van der Waals surface area contributed by atoms with Crippen LogP contribution in [0.5, 0.6) is 11.5 Å². The van der Waals surface area contributed by atoms with Crippen LogP contribution in [0, 0.1) is 6.92 Å². The summed E-state index contributed by atoms with van der Waals surface area (Å²) in [6.45, 7) is 4.14. The predicted molar refractivity (Wildman–Crippen MR) is 126 cm³/mol. The van der Waals surface area contributed by atoms with Gasteiger partial charge in [0, 0.05) is 24.9 Å². The molecule has 0 radical (unpaired) electrons. The number of anilines is 1. The van der Waals surface area contributed by atoms with Gasteiger partial charge in [0.25, 0.3) is 0 Å². The zero-order valence-electron chi connectivity index (χ0n) is 19.9. The first-order chi connectivity index (χ1) is 16.8. The van der Waals surface area contributed by atoms with Crippen molar-refractivity contribution in [1.82, 2.24) is 24.7 Å². The molecule has 1 aliphatic rings. The molecule has 0 bridgehead atoms. The van der Waals surface area contributed by atoms with E-state index in [0.29, 0.717) is 42.6 Å². The van der Waals surface area contributed by atoms with Crippen molar-refractivity contribution in [3.05, 3.63) is 47.8 Å². The van der Waals surface area contributed by atoms with Crippen LogP contribution in [0.2, 0.25) is 0 Å². The average molecular weight is 505 g/mol. The Labute approximate surface area is 203 Å². The molecule has 35 heavy (non-hydrogen) atoms. The molecule has 2 N–H and O–H groups in total. The summed E-state index contributed by atoms with van der Waals surface area (Å²) >= 11 is 0. The maximum absolute atomic E-state index is 13.3. The lowest BCUT2D eigenvalue weighted by Gasteiger charge is -2.21. The van der Waals surface area contributed by atoms with Crippen molar-refractivity contribution in [2.24, 2.45) is 0 Å². The molecular formula is C22H28N6O6S. The normalized spacial score (nSPS) is 17.7. The summed E-state index contributed by atoms with van der Waals surface area (Å²) in [6.07, 6.45) is 2.26. The number of benzene rings is 1. The van der Waals surface area contributed by atoms with Crippen molar-refractivity contribution < 1.29 is 27.7 Å². The van der Waals surface area contributed by atoms with Crippen molar-refractivity contribution in [2.45, 2.75) is 37.5 Å². The fourth-order valence-electron chi connectivity index (χ4n) is 3.79. The zero-order valence-corrected chi connectivity index (χ0v) is 20.7. The lowest BCUT2D eigenvalue weighted by molar-refractivity contribution is 0.166. The molecule has 0 spiro atoms. The Morgan fingerprint density at radius 2 is 1.83 bits per heavy atom. The van der Waals surface area contributed by atoms with Gasteiger partial charge in [-0.2, -0.15) is 0 Å². The number of hydrogen-bond donors (Lipinski definition) is 2.